The van der Waals surface area contributed by atoms with Crippen LogP contribution in [0.15, 0.2) is 18.3 Å². The second-order valence-electron chi connectivity index (χ2n) is 5.41. The van der Waals surface area contributed by atoms with Crippen LogP contribution in [0.4, 0.5) is 0 Å². The summed E-state index contributed by atoms with van der Waals surface area (Å²) in [7, 11) is 1.56. The summed E-state index contributed by atoms with van der Waals surface area (Å²) in [5.41, 5.74) is 0.594. The standard InChI is InChI=1S/C14H19N3O2/c1-19-13-3-2-9(8-16-13)14(18)17-12-4-10-6-15-7-11(10)5-12/h2-3,8,10-12,15H,4-7H2,1H3,(H,17,18)/t10-,11+,12?. The Bertz CT molecular complexity index is 448. The van der Waals surface area contributed by atoms with Crippen LogP contribution >= 0.6 is 0 Å². The van der Waals surface area contributed by atoms with Gasteiger partial charge in [0, 0.05) is 18.3 Å². The fourth-order valence-corrected chi connectivity index (χ4v) is 3.19. The van der Waals surface area contributed by atoms with E-state index in [-0.39, 0.29) is 5.91 Å². The number of hydrogen-bond acceptors (Lipinski definition) is 4. The maximum atomic E-state index is 12.1. The van der Waals surface area contributed by atoms with Gasteiger partial charge in [0.15, 0.2) is 0 Å². The minimum atomic E-state index is -0.0342. The summed E-state index contributed by atoms with van der Waals surface area (Å²) in [4.78, 5) is 16.2. The molecule has 3 rings (SSSR count). The number of hydrogen-bond donors (Lipinski definition) is 2. The highest BCUT2D eigenvalue weighted by molar-refractivity contribution is 5.94. The van der Waals surface area contributed by atoms with E-state index >= 15 is 0 Å². The van der Waals surface area contributed by atoms with Crippen LogP contribution in [0, 0.1) is 11.8 Å². The summed E-state index contributed by atoms with van der Waals surface area (Å²) >= 11 is 0. The zero-order valence-corrected chi connectivity index (χ0v) is 11.1. The van der Waals surface area contributed by atoms with Crippen LogP contribution < -0.4 is 15.4 Å². The highest BCUT2D eigenvalue weighted by Gasteiger charge is 2.37. The summed E-state index contributed by atoms with van der Waals surface area (Å²) in [6.45, 7) is 2.20. The highest BCUT2D eigenvalue weighted by Crippen LogP contribution is 2.34. The Morgan fingerprint density at radius 3 is 2.68 bits per heavy atom. The topological polar surface area (TPSA) is 63.2 Å². The van der Waals surface area contributed by atoms with Gasteiger partial charge in [0.05, 0.1) is 12.7 Å². The molecule has 0 aromatic carbocycles. The SMILES string of the molecule is COc1ccc(C(=O)NC2C[C@H]3CNC[C@H]3C2)cn1. The van der Waals surface area contributed by atoms with Crippen molar-refractivity contribution in [3.05, 3.63) is 23.9 Å². The molecule has 5 nitrogen and oxygen atoms in total. The number of carbonyl (C=O) groups is 1. The van der Waals surface area contributed by atoms with Gasteiger partial charge in [-0.1, -0.05) is 0 Å². The van der Waals surface area contributed by atoms with E-state index in [0.29, 0.717) is 17.5 Å². The average molecular weight is 261 g/mol. The second kappa shape index (κ2) is 5.17. The number of nitrogens with one attached hydrogen (secondary N) is 2. The molecule has 1 aliphatic heterocycles. The van der Waals surface area contributed by atoms with Crippen LogP contribution in [0.2, 0.25) is 0 Å². The summed E-state index contributed by atoms with van der Waals surface area (Å²) in [5.74, 6) is 1.96. The zero-order chi connectivity index (χ0) is 13.2. The molecule has 2 N–H and O–H groups in total. The van der Waals surface area contributed by atoms with Gasteiger partial charge in [0.2, 0.25) is 5.88 Å². The third kappa shape index (κ3) is 2.56. The fourth-order valence-electron chi connectivity index (χ4n) is 3.19. The zero-order valence-electron chi connectivity index (χ0n) is 11.1. The van der Waals surface area contributed by atoms with Gasteiger partial charge in [0.1, 0.15) is 0 Å². The minimum Gasteiger partial charge on any atom is -0.481 e. The number of carbonyl (C=O) groups excluding carboxylic acids is 1. The molecule has 2 heterocycles. The Labute approximate surface area is 112 Å². The van der Waals surface area contributed by atoms with Crippen molar-refractivity contribution in [2.45, 2.75) is 18.9 Å². The van der Waals surface area contributed by atoms with E-state index in [1.165, 1.54) is 0 Å². The molecule has 5 heteroatoms. The van der Waals surface area contributed by atoms with E-state index in [9.17, 15) is 4.79 Å². The molecule has 19 heavy (non-hydrogen) atoms. The van der Waals surface area contributed by atoms with Crippen LogP contribution in [0.5, 0.6) is 5.88 Å². The van der Waals surface area contributed by atoms with Crippen LogP contribution in [0.3, 0.4) is 0 Å². The Morgan fingerprint density at radius 1 is 1.37 bits per heavy atom. The number of methoxy groups -OCH3 is 1. The Balaban J connectivity index is 1.59. The molecule has 0 radical (unpaired) electrons. The van der Waals surface area contributed by atoms with Crippen LogP contribution in [-0.2, 0) is 0 Å². The van der Waals surface area contributed by atoms with E-state index < -0.39 is 0 Å². The van der Waals surface area contributed by atoms with Crippen LogP contribution in [-0.4, -0.2) is 37.1 Å². The fraction of sp³-hybridized carbons (Fsp3) is 0.571. The van der Waals surface area contributed by atoms with Gasteiger partial charge in [-0.3, -0.25) is 4.79 Å². The third-order valence-corrected chi connectivity index (χ3v) is 4.20. The van der Waals surface area contributed by atoms with Crippen molar-refractivity contribution in [2.24, 2.45) is 11.8 Å². The van der Waals surface area contributed by atoms with Crippen molar-refractivity contribution in [1.82, 2.24) is 15.6 Å². The number of amides is 1. The quantitative estimate of drug-likeness (QED) is 0.845. The molecular formula is C14H19N3O2. The van der Waals surface area contributed by atoms with E-state index in [0.717, 1.165) is 37.8 Å². The first-order valence-electron chi connectivity index (χ1n) is 6.78. The number of nitrogens with zero attached hydrogens (tertiary/aromatic N) is 1. The average Bonchev–Trinajstić information content (AvgIpc) is 2.99. The van der Waals surface area contributed by atoms with Crippen molar-refractivity contribution in [3.8, 4) is 5.88 Å². The molecule has 1 aromatic heterocycles. The van der Waals surface area contributed by atoms with Gasteiger partial charge < -0.3 is 15.4 Å². The first kappa shape index (κ1) is 12.4. The first-order chi connectivity index (χ1) is 9.26. The maximum Gasteiger partial charge on any atom is 0.253 e. The molecule has 0 bridgehead atoms. The largest absolute Gasteiger partial charge is 0.481 e. The molecule has 1 saturated carbocycles. The molecule has 0 spiro atoms. The Kier molecular flexibility index (Phi) is 3.38. The number of pyridine rings is 1. The van der Waals surface area contributed by atoms with Crippen molar-refractivity contribution < 1.29 is 9.53 Å². The molecule has 1 unspecified atom stereocenters. The highest BCUT2D eigenvalue weighted by atomic mass is 16.5. The first-order valence-corrected chi connectivity index (χ1v) is 6.78. The van der Waals surface area contributed by atoms with Gasteiger partial charge in [-0.15, -0.1) is 0 Å². The Morgan fingerprint density at radius 2 is 2.11 bits per heavy atom. The second-order valence-corrected chi connectivity index (χ2v) is 5.41. The lowest BCUT2D eigenvalue weighted by atomic mass is 10.0. The van der Waals surface area contributed by atoms with Gasteiger partial charge in [-0.2, -0.15) is 0 Å². The van der Waals surface area contributed by atoms with E-state index in [4.69, 9.17) is 4.74 Å². The van der Waals surface area contributed by atoms with E-state index in [1.807, 2.05) is 0 Å². The summed E-state index contributed by atoms with van der Waals surface area (Å²) < 4.78 is 4.98. The summed E-state index contributed by atoms with van der Waals surface area (Å²) in [6.07, 6.45) is 3.74. The molecule has 1 aromatic rings. The number of aromatic nitrogens is 1. The van der Waals surface area contributed by atoms with Crippen molar-refractivity contribution in [1.29, 1.82) is 0 Å². The van der Waals surface area contributed by atoms with Gasteiger partial charge in [0.25, 0.3) is 5.91 Å². The maximum absolute atomic E-state index is 12.1. The molecule has 1 aliphatic carbocycles. The molecule has 3 atom stereocenters. The van der Waals surface area contributed by atoms with E-state index in [2.05, 4.69) is 15.6 Å². The monoisotopic (exact) mass is 261 g/mol. The summed E-state index contributed by atoms with van der Waals surface area (Å²) in [5, 5.41) is 6.52. The van der Waals surface area contributed by atoms with Crippen LogP contribution in [0.1, 0.15) is 23.2 Å². The van der Waals surface area contributed by atoms with Gasteiger partial charge in [-0.05, 0) is 43.8 Å². The molecular weight excluding hydrogens is 242 g/mol. The Hall–Kier alpha value is -1.62. The molecule has 1 saturated heterocycles. The van der Waals surface area contributed by atoms with Gasteiger partial charge >= 0.3 is 0 Å². The lowest BCUT2D eigenvalue weighted by Gasteiger charge is -2.13. The predicted molar refractivity (Wildman–Crippen MR) is 71.1 cm³/mol. The smallest absolute Gasteiger partial charge is 0.253 e. The van der Waals surface area contributed by atoms with Crippen molar-refractivity contribution >= 4 is 5.91 Å². The predicted octanol–water partition coefficient (Wildman–Crippen LogP) is 0.818. The lowest BCUT2D eigenvalue weighted by molar-refractivity contribution is 0.0936. The normalized spacial score (nSPS) is 29.0. The van der Waals surface area contributed by atoms with Gasteiger partial charge in [-0.25, -0.2) is 4.98 Å². The molecule has 102 valence electrons. The number of fused-ring (bicyclic) bond motifs is 1. The van der Waals surface area contributed by atoms with Crippen molar-refractivity contribution in [2.75, 3.05) is 20.2 Å². The number of rotatable bonds is 3. The molecule has 2 fully saturated rings. The van der Waals surface area contributed by atoms with E-state index in [1.54, 1.807) is 25.4 Å². The minimum absolute atomic E-state index is 0.0342. The lowest BCUT2D eigenvalue weighted by Crippen LogP contribution is -2.34. The van der Waals surface area contributed by atoms with Crippen molar-refractivity contribution in [3.63, 3.8) is 0 Å². The third-order valence-electron chi connectivity index (χ3n) is 4.20. The summed E-state index contributed by atoms with van der Waals surface area (Å²) in [6, 6.07) is 3.77. The van der Waals surface area contributed by atoms with Crippen LogP contribution in [0.25, 0.3) is 0 Å². The molecule has 1 amide bonds. The molecule has 2 aliphatic rings. The number of ether oxygens (including phenoxy) is 1.